The molecule has 0 aliphatic rings. The van der Waals surface area contributed by atoms with E-state index in [1.54, 1.807) is 28.8 Å². The minimum atomic E-state index is -0.366. The molecule has 1 aromatic heterocycles. The maximum Gasteiger partial charge on any atom is 0.196 e. The number of aliphatic hydroxyl groups excluding tert-OH is 1. The van der Waals surface area contributed by atoms with Gasteiger partial charge in [-0.2, -0.15) is 0 Å². The molecule has 0 saturated heterocycles. The fraction of sp³-hybridized carbons (Fsp3) is 0.176. The molecule has 7 heteroatoms. The highest BCUT2D eigenvalue weighted by Crippen LogP contribution is 2.32. The first-order valence-electron chi connectivity index (χ1n) is 7.41. The van der Waals surface area contributed by atoms with Gasteiger partial charge in [0.1, 0.15) is 5.82 Å². The summed E-state index contributed by atoms with van der Waals surface area (Å²) >= 11 is 7.70. The number of aliphatic hydroxyl groups is 1. The van der Waals surface area contributed by atoms with E-state index in [9.17, 15) is 4.39 Å². The van der Waals surface area contributed by atoms with Crippen molar-refractivity contribution < 1.29 is 9.50 Å². The van der Waals surface area contributed by atoms with Gasteiger partial charge in [-0.3, -0.25) is 4.57 Å². The summed E-state index contributed by atoms with van der Waals surface area (Å²) < 4.78 is 16.0. The zero-order valence-electron chi connectivity index (χ0n) is 12.7. The molecule has 0 spiro atoms. The van der Waals surface area contributed by atoms with Gasteiger partial charge in [0.2, 0.25) is 0 Å². The van der Waals surface area contributed by atoms with Crippen LogP contribution in [0, 0.1) is 5.82 Å². The number of thioether (sulfide) groups is 1. The van der Waals surface area contributed by atoms with Crippen LogP contribution < -0.4 is 0 Å². The first-order valence-corrected chi connectivity index (χ1v) is 8.77. The largest absolute Gasteiger partial charge is 0.396 e. The van der Waals surface area contributed by atoms with Crippen LogP contribution in [0.4, 0.5) is 4.39 Å². The normalized spacial score (nSPS) is 11.0. The molecule has 3 rings (SSSR count). The maximum absolute atomic E-state index is 14.4. The summed E-state index contributed by atoms with van der Waals surface area (Å²) in [5, 5.41) is 18.5. The lowest BCUT2D eigenvalue weighted by Crippen LogP contribution is -2.03. The monoisotopic (exact) mass is 363 g/mol. The Morgan fingerprint density at radius 1 is 1.08 bits per heavy atom. The van der Waals surface area contributed by atoms with E-state index in [2.05, 4.69) is 10.2 Å². The Bertz CT molecular complexity index is 840. The molecule has 1 N–H and O–H groups in total. The van der Waals surface area contributed by atoms with E-state index in [1.807, 2.05) is 18.2 Å². The van der Waals surface area contributed by atoms with Crippen molar-refractivity contribution in [1.82, 2.24) is 14.8 Å². The molecular weight excluding hydrogens is 349 g/mol. The second-order valence-corrected chi connectivity index (χ2v) is 6.47. The van der Waals surface area contributed by atoms with Crippen LogP contribution in [0.15, 0.2) is 53.7 Å². The second kappa shape index (κ2) is 7.79. The van der Waals surface area contributed by atoms with Crippen LogP contribution in [0.3, 0.4) is 0 Å². The SMILES string of the molecule is OCCCSc1nnc(-c2ccccc2Cl)n1-c1ccccc1F. The summed E-state index contributed by atoms with van der Waals surface area (Å²) in [6.07, 6.45) is 0.621. The van der Waals surface area contributed by atoms with Crippen LogP contribution in [0.25, 0.3) is 17.1 Å². The lowest BCUT2D eigenvalue weighted by Gasteiger charge is -2.11. The summed E-state index contributed by atoms with van der Waals surface area (Å²) in [4.78, 5) is 0. The fourth-order valence-electron chi connectivity index (χ4n) is 2.26. The van der Waals surface area contributed by atoms with Crippen molar-refractivity contribution >= 4 is 23.4 Å². The molecule has 0 aliphatic carbocycles. The van der Waals surface area contributed by atoms with Crippen molar-refractivity contribution in [3.05, 3.63) is 59.4 Å². The van der Waals surface area contributed by atoms with Gasteiger partial charge in [-0.05, 0) is 30.7 Å². The Hall–Kier alpha value is -1.89. The molecule has 0 fully saturated rings. The van der Waals surface area contributed by atoms with Crippen molar-refractivity contribution in [2.24, 2.45) is 0 Å². The molecule has 0 atom stereocenters. The molecule has 4 nitrogen and oxygen atoms in total. The number of rotatable bonds is 6. The Balaban J connectivity index is 2.13. The van der Waals surface area contributed by atoms with Gasteiger partial charge in [0.15, 0.2) is 11.0 Å². The van der Waals surface area contributed by atoms with Crippen molar-refractivity contribution in [2.45, 2.75) is 11.6 Å². The van der Waals surface area contributed by atoms with Crippen LogP contribution in [0.2, 0.25) is 5.02 Å². The smallest absolute Gasteiger partial charge is 0.196 e. The average Bonchev–Trinajstić information content (AvgIpc) is 2.99. The van der Waals surface area contributed by atoms with Crippen molar-refractivity contribution in [3.63, 3.8) is 0 Å². The van der Waals surface area contributed by atoms with E-state index in [0.29, 0.717) is 39.4 Å². The highest BCUT2D eigenvalue weighted by atomic mass is 35.5. The van der Waals surface area contributed by atoms with E-state index >= 15 is 0 Å². The Labute approximate surface area is 148 Å². The topological polar surface area (TPSA) is 50.9 Å². The molecule has 2 aromatic carbocycles. The van der Waals surface area contributed by atoms with Crippen LogP contribution in [0.5, 0.6) is 0 Å². The summed E-state index contributed by atoms with van der Waals surface area (Å²) in [7, 11) is 0. The zero-order valence-corrected chi connectivity index (χ0v) is 14.3. The molecule has 1 heterocycles. The van der Waals surface area contributed by atoms with Gasteiger partial charge in [-0.1, -0.05) is 47.6 Å². The highest BCUT2D eigenvalue weighted by Gasteiger charge is 2.19. The molecular formula is C17H15ClFN3OS. The Morgan fingerprint density at radius 2 is 1.83 bits per heavy atom. The molecule has 24 heavy (non-hydrogen) atoms. The van der Waals surface area contributed by atoms with Gasteiger partial charge in [0.05, 0.1) is 10.7 Å². The van der Waals surface area contributed by atoms with E-state index in [0.717, 1.165) is 0 Å². The van der Waals surface area contributed by atoms with E-state index < -0.39 is 0 Å². The number of hydrogen-bond donors (Lipinski definition) is 1. The van der Waals surface area contributed by atoms with Gasteiger partial charge in [0, 0.05) is 17.9 Å². The predicted octanol–water partition coefficient (Wildman–Crippen LogP) is 4.20. The third-order valence-electron chi connectivity index (χ3n) is 3.38. The lowest BCUT2D eigenvalue weighted by molar-refractivity contribution is 0.296. The minimum Gasteiger partial charge on any atom is -0.396 e. The molecule has 124 valence electrons. The standard InChI is InChI=1S/C17H15ClFN3OS/c18-13-7-2-1-6-12(13)16-20-21-17(24-11-5-10-23)22(16)15-9-4-3-8-14(15)19/h1-4,6-9,23H,5,10-11H2. The van der Waals surface area contributed by atoms with Crippen LogP contribution >= 0.6 is 23.4 Å². The van der Waals surface area contributed by atoms with E-state index in [1.165, 1.54) is 17.8 Å². The summed E-state index contributed by atoms with van der Waals surface area (Å²) in [6, 6.07) is 13.7. The molecule has 0 radical (unpaired) electrons. The van der Waals surface area contributed by atoms with Crippen LogP contribution in [0.1, 0.15) is 6.42 Å². The second-order valence-electron chi connectivity index (χ2n) is 5.00. The average molecular weight is 364 g/mol. The van der Waals surface area contributed by atoms with Crippen LogP contribution in [-0.4, -0.2) is 32.2 Å². The summed E-state index contributed by atoms with van der Waals surface area (Å²) in [6.45, 7) is 0.0954. The molecule has 0 aliphatic heterocycles. The third-order valence-corrected chi connectivity index (χ3v) is 4.72. The van der Waals surface area contributed by atoms with Gasteiger partial charge in [-0.15, -0.1) is 10.2 Å². The lowest BCUT2D eigenvalue weighted by atomic mass is 10.2. The first-order chi connectivity index (χ1) is 11.7. The van der Waals surface area contributed by atoms with E-state index in [4.69, 9.17) is 16.7 Å². The molecule has 0 bridgehead atoms. The molecule has 3 aromatic rings. The van der Waals surface area contributed by atoms with Gasteiger partial charge >= 0.3 is 0 Å². The predicted molar refractivity (Wildman–Crippen MR) is 94.2 cm³/mol. The summed E-state index contributed by atoms with van der Waals surface area (Å²) in [5.41, 5.74) is 1.05. The Morgan fingerprint density at radius 3 is 2.58 bits per heavy atom. The zero-order chi connectivity index (χ0) is 16.9. The Kier molecular flexibility index (Phi) is 5.50. The molecule has 0 saturated carbocycles. The first kappa shape index (κ1) is 17.0. The fourth-order valence-corrected chi connectivity index (χ4v) is 3.35. The quantitative estimate of drug-likeness (QED) is 0.526. The number of hydrogen-bond acceptors (Lipinski definition) is 4. The van der Waals surface area contributed by atoms with Gasteiger partial charge in [0.25, 0.3) is 0 Å². The third kappa shape index (κ3) is 3.45. The van der Waals surface area contributed by atoms with Crippen molar-refractivity contribution in [2.75, 3.05) is 12.4 Å². The number of halogens is 2. The summed E-state index contributed by atoms with van der Waals surface area (Å²) in [5.74, 6) is 0.776. The number of aromatic nitrogens is 3. The number of benzene rings is 2. The highest BCUT2D eigenvalue weighted by molar-refractivity contribution is 7.99. The maximum atomic E-state index is 14.4. The minimum absolute atomic E-state index is 0.0954. The van der Waals surface area contributed by atoms with E-state index in [-0.39, 0.29) is 12.4 Å². The molecule has 0 amide bonds. The van der Waals surface area contributed by atoms with Gasteiger partial charge in [-0.25, -0.2) is 4.39 Å². The van der Waals surface area contributed by atoms with Crippen molar-refractivity contribution in [3.8, 4) is 17.1 Å². The van der Waals surface area contributed by atoms with Crippen LogP contribution in [-0.2, 0) is 0 Å². The number of nitrogens with zero attached hydrogens (tertiary/aromatic N) is 3. The van der Waals surface area contributed by atoms with Gasteiger partial charge < -0.3 is 5.11 Å². The van der Waals surface area contributed by atoms with Crippen molar-refractivity contribution in [1.29, 1.82) is 0 Å². The number of para-hydroxylation sites is 1. The molecule has 0 unspecified atom stereocenters.